The van der Waals surface area contributed by atoms with Crippen LogP contribution in [0.25, 0.3) is 0 Å². The lowest BCUT2D eigenvalue weighted by molar-refractivity contribution is -0.151. The molecule has 4 rings (SSSR count). The normalized spacial score (nSPS) is 28.0. The summed E-state index contributed by atoms with van der Waals surface area (Å²) >= 11 is 0. The Kier molecular flexibility index (Phi) is 5.06. The van der Waals surface area contributed by atoms with E-state index >= 15 is 0 Å². The highest BCUT2D eigenvalue weighted by molar-refractivity contribution is 5.40. The van der Waals surface area contributed by atoms with E-state index in [0.29, 0.717) is 0 Å². The van der Waals surface area contributed by atoms with E-state index in [-0.39, 0.29) is 11.8 Å². The van der Waals surface area contributed by atoms with Gasteiger partial charge >= 0.3 is 0 Å². The van der Waals surface area contributed by atoms with Gasteiger partial charge in [-0.3, -0.25) is 9.88 Å². The van der Waals surface area contributed by atoms with E-state index in [9.17, 15) is 5.11 Å². The zero-order valence-corrected chi connectivity index (χ0v) is 16.1. The maximum atomic E-state index is 11.7. The van der Waals surface area contributed by atoms with Crippen molar-refractivity contribution in [1.82, 2.24) is 9.88 Å². The SMILES string of the molecule is COc1ccc(OC)c(CN2C[C@@H]3CCC[C@@H](C2)C3(O)c2ccccn2)c1. The van der Waals surface area contributed by atoms with Crippen LogP contribution in [0.3, 0.4) is 0 Å². The summed E-state index contributed by atoms with van der Waals surface area (Å²) in [6.45, 7) is 2.53. The van der Waals surface area contributed by atoms with Crippen LogP contribution in [0.15, 0.2) is 42.6 Å². The van der Waals surface area contributed by atoms with Gasteiger partial charge in [0, 0.05) is 43.2 Å². The molecule has 1 N–H and O–H groups in total. The fourth-order valence-corrected chi connectivity index (χ4v) is 4.94. The van der Waals surface area contributed by atoms with Crippen LogP contribution in [-0.2, 0) is 12.1 Å². The molecule has 1 aliphatic heterocycles. The molecule has 0 amide bonds. The fourth-order valence-electron chi connectivity index (χ4n) is 4.94. The third kappa shape index (κ3) is 3.30. The molecule has 2 fully saturated rings. The summed E-state index contributed by atoms with van der Waals surface area (Å²) in [4.78, 5) is 6.96. The quantitative estimate of drug-likeness (QED) is 0.878. The molecule has 0 radical (unpaired) electrons. The van der Waals surface area contributed by atoms with Crippen molar-refractivity contribution in [3.63, 3.8) is 0 Å². The topological polar surface area (TPSA) is 54.8 Å². The Morgan fingerprint density at radius 2 is 1.89 bits per heavy atom. The van der Waals surface area contributed by atoms with Crippen molar-refractivity contribution >= 4 is 0 Å². The minimum Gasteiger partial charge on any atom is -0.497 e. The molecule has 144 valence electrons. The van der Waals surface area contributed by atoms with Crippen LogP contribution in [0.5, 0.6) is 11.5 Å². The van der Waals surface area contributed by atoms with Crippen LogP contribution in [0.2, 0.25) is 0 Å². The predicted molar refractivity (Wildman–Crippen MR) is 104 cm³/mol. The van der Waals surface area contributed by atoms with Gasteiger partial charge in [0.05, 0.1) is 19.9 Å². The number of aliphatic hydroxyl groups is 1. The lowest BCUT2D eigenvalue weighted by Crippen LogP contribution is -2.58. The van der Waals surface area contributed by atoms with E-state index in [4.69, 9.17) is 9.47 Å². The van der Waals surface area contributed by atoms with Crippen molar-refractivity contribution in [3.05, 3.63) is 53.9 Å². The molecule has 2 bridgehead atoms. The lowest BCUT2D eigenvalue weighted by atomic mass is 9.64. The van der Waals surface area contributed by atoms with Crippen LogP contribution >= 0.6 is 0 Å². The molecule has 1 aromatic carbocycles. The Labute approximate surface area is 160 Å². The number of hydrogen-bond donors (Lipinski definition) is 1. The Hall–Kier alpha value is -2.11. The van der Waals surface area contributed by atoms with Crippen LogP contribution < -0.4 is 9.47 Å². The van der Waals surface area contributed by atoms with Crippen LogP contribution in [0, 0.1) is 11.8 Å². The van der Waals surface area contributed by atoms with Gasteiger partial charge in [-0.25, -0.2) is 0 Å². The first kappa shape index (κ1) is 18.3. The van der Waals surface area contributed by atoms with E-state index in [0.717, 1.165) is 55.2 Å². The number of hydrogen-bond acceptors (Lipinski definition) is 5. The van der Waals surface area contributed by atoms with Gasteiger partial charge < -0.3 is 14.6 Å². The summed E-state index contributed by atoms with van der Waals surface area (Å²) in [6, 6.07) is 11.8. The minimum atomic E-state index is -0.811. The Bertz CT molecular complexity index is 766. The zero-order valence-electron chi connectivity index (χ0n) is 16.1. The molecule has 1 aromatic heterocycles. The van der Waals surface area contributed by atoms with Crippen molar-refractivity contribution in [2.75, 3.05) is 27.3 Å². The number of ether oxygens (including phenoxy) is 2. The number of likely N-dealkylation sites (tertiary alicyclic amines) is 1. The van der Waals surface area contributed by atoms with Crippen molar-refractivity contribution in [3.8, 4) is 11.5 Å². The third-order valence-electron chi connectivity index (χ3n) is 6.26. The Morgan fingerprint density at radius 3 is 2.52 bits per heavy atom. The first-order valence-corrected chi connectivity index (χ1v) is 9.72. The summed E-state index contributed by atoms with van der Waals surface area (Å²) in [5.74, 6) is 2.13. The van der Waals surface area contributed by atoms with E-state index < -0.39 is 5.60 Å². The molecule has 0 spiro atoms. The molecular weight excluding hydrogens is 340 g/mol. The molecule has 0 unspecified atom stereocenters. The smallest absolute Gasteiger partial charge is 0.123 e. The standard InChI is InChI=1S/C22H28N2O3/c1-26-19-9-10-20(27-2)16(12-19)13-24-14-17-6-5-7-18(15-24)22(17,25)21-8-3-4-11-23-21/h3-4,8-12,17-18,25H,5-7,13-15H2,1-2H3/t17-,18-/m0/s1. The number of aromatic nitrogens is 1. The van der Waals surface area contributed by atoms with E-state index in [1.54, 1.807) is 20.4 Å². The Balaban J connectivity index is 1.58. The summed E-state index contributed by atoms with van der Waals surface area (Å²) in [7, 11) is 3.39. The average molecular weight is 368 g/mol. The molecule has 2 atom stereocenters. The highest BCUT2D eigenvalue weighted by Crippen LogP contribution is 2.48. The fraction of sp³-hybridized carbons (Fsp3) is 0.500. The number of nitrogens with zero attached hydrogens (tertiary/aromatic N) is 2. The van der Waals surface area contributed by atoms with Gasteiger partial charge in [-0.2, -0.15) is 0 Å². The minimum absolute atomic E-state index is 0.205. The molecule has 5 heteroatoms. The molecule has 1 saturated heterocycles. The molecule has 2 aliphatic rings. The number of methoxy groups -OCH3 is 2. The molecule has 1 aliphatic carbocycles. The van der Waals surface area contributed by atoms with E-state index in [1.165, 1.54) is 6.42 Å². The highest BCUT2D eigenvalue weighted by atomic mass is 16.5. The third-order valence-corrected chi connectivity index (χ3v) is 6.26. The number of rotatable bonds is 5. The lowest BCUT2D eigenvalue weighted by Gasteiger charge is -2.52. The second-order valence-corrected chi connectivity index (χ2v) is 7.74. The highest BCUT2D eigenvalue weighted by Gasteiger charge is 2.52. The van der Waals surface area contributed by atoms with Crippen molar-refractivity contribution < 1.29 is 14.6 Å². The van der Waals surface area contributed by atoms with E-state index in [1.807, 2.05) is 36.4 Å². The maximum Gasteiger partial charge on any atom is 0.123 e. The predicted octanol–water partition coefficient (Wildman–Crippen LogP) is 3.22. The maximum absolute atomic E-state index is 11.7. The van der Waals surface area contributed by atoms with Gasteiger partial charge in [0.1, 0.15) is 17.1 Å². The second kappa shape index (κ2) is 7.49. The number of benzene rings is 1. The van der Waals surface area contributed by atoms with Gasteiger partial charge in [0.25, 0.3) is 0 Å². The summed E-state index contributed by atoms with van der Waals surface area (Å²) < 4.78 is 10.9. The molecule has 1 saturated carbocycles. The van der Waals surface area contributed by atoms with Crippen LogP contribution in [0.4, 0.5) is 0 Å². The van der Waals surface area contributed by atoms with Gasteiger partial charge in [0.2, 0.25) is 0 Å². The first-order chi connectivity index (χ1) is 13.1. The zero-order chi connectivity index (χ0) is 18.9. The van der Waals surface area contributed by atoms with Crippen molar-refractivity contribution in [2.24, 2.45) is 11.8 Å². The molecule has 27 heavy (non-hydrogen) atoms. The Morgan fingerprint density at radius 1 is 1.11 bits per heavy atom. The number of piperidine rings is 1. The largest absolute Gasteiger partial charge is 0.497 e. The average Bonchev–Trinajstić information content (AvgIpc) is 2.69. The van der Waals surface area contributed by atoms with Gasteiger partial charge in [-0.1, -0.05) is 12.5 Å². The van der Waals surface area contributed by atoms with Gasteiger partial charge in [-0.15, -0.1) is 0 Å². The summed E-state index contributed by atoms with van der Waals surface area (Å²) in [5, 5.41) is 11.7. The van der Waals surface area contributed by atoms with Crippen LogP contribution in [0.1, 0.15) is 30.5 Å². The van der Waals surface area contributed by atoms with Gasteiger partial charge in [-0.05, 0) is 43.2 Å². The molecule has 2 heterocycles. The van der Waals surface area contributed by atoms with Crippen molar-refractivity contribution in [2.45, 2.75) is 31.4 Å². The van der Waals surface area contributed by atoms with Gasteiger partial charge in [0.15, 0.2) is 0 Å². The molecule has 2 aromatic rings. The number of pyridine rings is 1. The second-order valence-electron chi connectivity index (χ2n) is 7.74. The molecule has 5 nitrogen and oxygen atoms in total. The first-order valence-electron chi connectivity index (χ1n) is 9.72. The molecular formula is C22H28N2O3. The van der Waals surface area contributed by atoms with Crippen molar-refractivity contribution in [1.29, 1.82) is 0 Å². The monoisotopic (exact) mass is 368 g/mol. The summed E-state index contributed by atoms with van der Waals surface area (Å²) in [5.41, 5.74) is 1.14. The van der Waals surface area contributed by atoms with E-state index in [2.05, 4.69) is 9.88 Å². The number of fused-ring (bicyclic) bond motifs is 2. The van der Waals surface area contributed by atoms with Crippen LogP contribution in [-0.4, -0.2) is 42.3 Å². The summed E-state index contributed by atoms with van der Waals surface area (Å²) in [6.07, 6.45) is 5.04.